The van der Waals surface area contributed by atoms with Crippen molar-refractivity contribution in [2.24, 2.45) is 0 Å². The molecule has 124 valence electrons. The fourth-order valence-electron chi connectivity index (χ4n) is 1.94. The molecule has 2 rings (SSSR count). The molecule has 1 unspecified atom stereocenters. The Hall–Kier alpha value is -2.09. The highest BCUT2D eigenvalue weighted by atomic mass is 32.3. The minimum atomic E-state index is -4.04. The molecule has 2 aromatic rings. The number of halogens is 1. The molecular weight excluding hydrogens is 323 g/mol. The Morgan fingerprint density at radius 1 is 1.04 bits per heavy atom. The zero-order valence-corrected chi connectivity index (χ0v) is 13.1. The van der Waals surface area contributed by atoms with Crippen LogP contribution in [-0.2, 0) is 30.0 Å². The van der Waals surface area contributed by atoms with Crippen molar-refractivity contribution in [1.29, 1.82) is 0 Å². The monoisotopic (exact) mass is 340 g/mol. The average molecular weight is 340 g/mol. The molecule has 1 atom stereocenters. The number of benzene rings is 2. The van der Waals surface area contributed by atoms with Gasteiger partial charge >= 0.3 is 0 Å². The van der Waals surface area contributed by atoms with Crippen LogP contribution in [0.2, 0.25) is 0 Å². The Labute approximate surface area is 134 Å². The molecule has 2 aromatic carbocycles. The molecule has 0 spiro atoms. The molecule has 7 heteroatoms. The average Bonchev–Trinajstić information content (AvgIpc) is 2.52. The first-order chi connectivity index (χ1) is 10.9. The summed E-state index contributed by atoms with van der Waals surface area (Å²) in [5.41, 5.74) is 2.04. The summed E-state index contributed by atoms with van der Waals surface area (Å²) < 4.78 is 33.8. The van der Waals surface area contributed by atoms with Crippen LogP contribution in [0.25, 0.3) is 0 Å². The largest absolute Gasteiger partial charge is 0.489 e. The maximum atomic E-state index is 12.8. The quantitative estimate of drug-likeness (QED) is 0.597. The summed E-state index contributed by atoms with van der Waals surface area (Å²) in [4.78, 5) is 0. The van der Waals surface area contributed by atoms with Gasteiger partial charge in [-0.2, -0.15) is 4.21 Å². The van der Waals surface area contributed by atoms with E-state index in [1.54, 1.807) is 30.3 Å². The Morgan fingerprint density at radius 2 is 1.70 bits per heavy atom. The van der Waals surface area contributed by atoms with Crippen LogP contribution in [-0.4, -0.2) is 20.3 Å². The van der Waals surface area contributed by atoms with E-state index in [0.717, 1.165) is 5.56 Å². The molecule has 0 amide bonds. The lowest BCUT2D eigenvalue weighted by Crippen LogP contribution is -2.02. The van der Waals surface area contributed by atoms with Gasteiger partial charge in [-0.3, -0.25) is 0 Å². The molecule has 0 aliphatic heterocycles. The Kier molecular flexibility index (Phi) is 5.59. The van der Waals surface area contributed by atoms with Crippen molar-refractivity contribution in [2.75, 3.05) is 0 Å². The van der Waals surface area contributed by atoms with E-state index in [1.165, 1.54) is 12.1 Å². The van der Waals surface area contributed by atoms with Gasteiger partial charge < -0.3 is 19.1 Å². The van der Waals surface area contributed by atoms with Gasteiger partial charge in [0.1, 0.15) is 18.1 Å². The summed E-state index contributed by atoms with van der Waals surface area (Å²) in [6, 6.07) is 11.3. The Morgan fingerprint density at radius 3 is 2.26 bits per heavy atom. The van der Waals surface area contributed by atoms with Crippen LogP contribution in [0.15, 0.2) is 42.5 Å². The van der Waals surface area contributed by atoms with Crippen LogP contribution in [0.4, 0.5) is 3.89 Å². The first kappa shape index (κ1) is 17.3. The number of aliphatic hydroxyl groups excluding tert-OH is 2. The van der Waals surface area contributed by atoms with E-state index >= 15 is 0 Å². The van der Waals surface area contributed by atoms with Gasteiger partial charge in [0, 0.05) is 11.4 Å². The molecule has 0 saturated carbocycles. The number of hydrogen-bond donors (Lipinski definition) is 2. The molecule has 0 fully saturated rings. The smallest absolute Gasteiger partial charge is 0.279 e. The molecule has 0 aliphatic carbocycles. The number of ether oxygens (including phenoxy) is 1. The van der Waals surface area contributed by atoms with Crippen molar-refractivity contribution in [2.45, 2.75) is 19.8 Å². The summed E-state index contributed by atoms with van der Waals surface area (Å²) in [6.45, 7) is -0.0930. The van der Waals surface area contributed by atoms with Gasteiger partial charge in [-0.25, -0.2) is 0 Å². The molecule has 23 heavy (non-hydrogen) atoms. The van der Waals surface area contributed by atoms with E-state index in [1.807, 2.05) is 0 Å². The van der Waals surface area contributed by atoms with Crippen LogP contribution in [0.5, 0.6) is 11.5 Å². The van der Waals surface area contributed by atoms with E-state index in [0.29, 0.717) is 16.9 Å². The van der Waals surface area contributed by atoms with Crippen molar-refractivity contribution < 1.29 is 27.2 Å². The van der Waals surface area contributed by atoms with Gasteiger partial charge in [-0.15, -0.1) is 3.89 Å². The second-order valence-electron chi connectivity index (χ2n) is 4.81. The molecule has 0 saturated heterocycles. The molecule has 0 bridgehead atoms. The van der Waals surface area contributed by atoms with Crippen molar-refractivity contribution >= 4 is 16.1 Å². The summed E-state index contributed by atoms with van der Waals surface area (Å²) in [6.07, 6.45) is 0. The van der Waals surface area contributed by atoms with Crippen molar-refractivity contribution in [3.8, 4) is 11.5 Å². The summed E-state index contributed by atoms with van der Waals surface area (Å²) in [5.74, 6) is 3.39. The zero-order valence-electron chi connectivity index (χ0n) is 12.3. The van der Waals surface area contributed by atoms with Gasteiger partial charge in [-0.1, -0.05) is 18.2 Å². The highest BCUT2D eigenvalue weighted by Gasteiger charge is 2.06. The SMILES string of the molecule is C=S(=O)(F)Oc1ccc(COc2ccc(CO)cc2CO)cc1. The molecular formula is C16H17FO5S. The summed E-state index contributed by atoms with van der Waals surface area (Å²) in [7, 11) is -4.04. The second kappa shape index (κ2) is 7.45. The highest BCUT2D eigenvalue weighted by molar-refractivity contribution is 7.91. The fourth-order valence-corrected chi connectivity index (χ4v) is 2.34. The predicted octanol–water partition coefficient (Wildman–Crippen LogP) is 2.14. The standard InChI is InChI=1S/C16H17FO5S/c1-23(17,20)22-15-5-2-12(3-6-15)11-21-16-7-4-13(9-18)8-14(16)10-19/h2-8,18-19H,1,9-11H2. The summed E-state index contributed by atoms with van der Waals surface area (Å²) in [5, 5.41) is 18.4. The zero-order chi connectivity index (χ0) is 16.9. The van der Waals surface area contributed by atoms with E-state index in [-0.39, 0.29) is 25.6 Å². The maximum absolute atomic E-state index is 12.8. The summed E-state index contributed by atoms with van der Waals surface area (Å²) >= 11 is 0. The second-order valence-corrected chi connectivity index (χ2v) is 6.06. The van der Waals surface area contributed by atoms with E-state index in [4.69, 9.17) is 9.84 Å². The topological polar surface area (TPSA) is 76.0 Å². The fraction of sp³-hybridized carbons (Fsp3) is 0.188. The number of hydrogen-bond acceptors (Lipinski definition) is 5. The van der Waals surface area contributed by atoms with E-state index in [9.17, 15) is 13.2 Å². The third-order valence-corrected chi connectivity index (χ3v) is 3.46. The Bertz CT molecular complexity index is 757. The molecule has 0 heterocycles. The highest BCUT2D eigenvalue weighted by Crippen LogP contribution is 2.22. The lowest BCUT2D eigenvalue weighted by molar-refractivity contribution is 0.256. The first-order valence-electron chi connectivity index (χ1n) is 6.73. The van der Waals surface area contributed by atoms with Gasteiger partial charge in [0.15, 0.2) is 0 Å². The van der Waals surface area contributed by atoms with Gasteiger partial charge in [0.2, 0.25) is 0 Å². The minimum absolute atomic E-state index is 0.111. The Balaban J connectivity index is 2.03. The third kappa shape index (κ3) is 5.24. The van der Waals surface area contributed by atoms with Gasteiger partial charge in [0.25, 0.3) is 10.2 Å². The van der Waals surface area contributed by atoms with E-state index in [2.05, 4.69) is 10.1 Å². The van der Waals surface area contributed by atoms with Crippen LogP contribution in [0.3, 0.4) is 0 Å². The third-order valence-electron chi connectivity index (χ3n) is 3.02. The molecule has 5 nitrogen and oxygen atoms in total. The van der Waals surface area contributed by atoms with Crippen molar-refractivity contribution in [1.82, 2.24) is 0 Å². The van der Waals surface area contributed by atoms with Crippen molar-refractivity contribution in [3.63, 3.8) is 0 Å². The minimum Gasteiger partial charge on any atom is -0.489 e. The van der Waals surface area contributed by atoms with Crippen LogP contribution in [0, 0.1) is 0 Å². The first-order valence-corrected chi connectivity index (χ1v) is 8.28. The predicted molar refractivity (Wildman–Crippen MR) is 86.1 cm³/mol. The van der Waals surface area contributed by atoms with Gasteiger partial charge in [-0.05, 0) is 35.4 Å². The lowest BCUT2D eigenvalue weighted by Gasteiger charge is -2.12. The van der Waals surface area contributed by atoms with Crippen molar-refractivity contribution in [3.05, 3.63) is 59.2 Å². The molecule has 0 radical (unpaired) electrons. The lowest BCUT2D eigenvalue weighted by atomic mass is 10.1. The van der Waals surface area contributed by atoms with Crippen LogP contribution >= 0.6 is 0 Å². The van der Waals surface area contributed by atoms with Crippen LogP contribution < -0.4 is 8.92 Å². The van der Waals surface area contributed by atoms with Crippen LogP contribution in [0.1, 0.15) is 16.7 Å². The molecule has 0 aliphatic rings. The number of aliphatic hydroxyl groups is 2. The molecule has 0 aromatic heterocycles. The van der Waals surface area contributed by atoms with Gasteiger partial charge in [0.05, 0.1) is 13.2 Å². The maximum Gasteiger partial charge on any atom is 0.279 e. The van der Waals surface area contributed by atoms with E-state index < -0.39 is 10.2 Å². The molecule has 2 N–H and O–H groups in total. The normalized spacial score (nSPS) is 13.3. The number of rotatable bonds is 7.